The Labute approximate surface area is 117 Å². The van der Waals surface area contributed by atoms with Gasteiger partial charge in [-0.25, -0.2) is 4.98 Å². The van der Waals surface area contributed by atoms with E-state index >= 15 is 0 Å². The lowest BCUT2D eigenvalue weighted by atomic mass is 10.0. The summed E-state index contributed by atoms with van der Waals surface area (Å²) in [6.45, 7) is 12.5. The third-order valence-corrected chi connectivity index (χ3v) is 3.83. The molecule has 4 nitrogen and oxygen atoms in total. The zero-order valence-corrected chi connectivity index (χ0v) is 12.7. The second-order valence-corrected chi connectivity index (χ2v) is 6.31. The molecule has 108 valence electrons. The largest absolute Gasteiger partial charge is 0.345 e. The summed E-state index contributed by atoms with van der Waals surface area (Å²) in [6.07, 6.45) is 4.40. The highest BCUT2D eigenvalue weighted by Crippen LogP contribution is 2.16. The van der Waals surface area contributed by atoms with Gasteiger partial charge in [0.15, 0.2) is 0 Å². The van der Waals surface area contributed by atoms with Crippen LogP contribution in [0.1, 0.15) is 51.2 Å². The van der Waals surface area contributed by atoms with Crippen LogP contribution in [0.3, 0.4) is 0 Å². The number of hydrogen-bond acceptors (Lipinski definition) is 3. The monoisotopic (exact) mass is 264 g/mol. The molecule has 0 aromatic carbocycles. The number of aromatic nitrogens is 2. The fourth-order valence-electron chi connectivity index (χ4n) is 2.88. The van der Waals surface area contributed by atoms with Gasteiger partial charge in [-0.3, -0.25) is 0 Å². The first-order valence-electron chi connectivity index (χ1n) is 7.54. The van der Waals surface area contributed by atoms with Crippen LogP contribution < -0.4 is 5.32 Å². The van der Waals surface area contributed by atoms with Crippen LogP contribution >= 0.6 is 0 Å². The summed E-state index contributed by atoms with van der Waals surface area (Å²) in [4.78, 5) is 10.3. The number of aromatic amines is 1. The summed E-state index contributed by atoms with van der Waals surface area (Å²) < 4.78 is 0. The molecule has 4 heteroatoms. The molecule has 2 heterocycles. The number of H-pyrrole nitrogens is 1. The van der Waals surface area contributed by atoms with E-state index in [1.165, 1.54) is 32.5 Å². The maximum atomic E-state index is 4.41. The predicted octanol–water partition coefficient (Wildman–Crippen LogP) is 2.49. The Morgan fingerprint density at radius 2 is 2.05 bits per heavy atom. The Morgan fingerprint density at radius 3 is 2.58 bits per heavy atom. The number of nitrogens with zero attached hydrogens (tertiary/aromatic N) is 2. The highest BCUT2D eigenvalue weighted by atomic mass is 15.1. The summed E-state index contributed by atoms with van der Waals surface area (Å²) in [7, 11) is 0. The zero-order valence-electron chi connectivity index (χ0n) is 12.7. The number of aryl methyl sites for hydroxylation is 1. The molecular weight excluding hydrogens is 236 g/mol. The lowest BCUT2D eigenvalue weighted by molar-refractivity contribution is 0.175. The summed E-state index contributed by atoms with van der Waals surface area (Å²) in [6, 6.07) is 0.944. The maximum absolute atomic E-state index is 4.41. The van der Waals surface area contributed by atoms with Crippen molar-refractivity contribution in [2.24, 2.45) is 5.92 Å². The summed E-state index contributed by atoms with van der Waals surface area (Å²) in [5.41, 5.74) is 1.13. The van der Waals surface area contributed by atoms with Crippen molar-refractivity contribution in [3.63, 3.8) is 0 Å². The Hall–Kier alpha value is -0.870. The molecule has 1 aliphatic rings. The number of imidazole rings is 1. The molecule has 2 N–H and O–H groups in total. The van der Waals surface area contributed by atoms with Crippen LogP contribution in [-0.4, -0.2) is 40.5 Å². The quantitative estimate of drug-likeness (QED) is 0.859. The standard InChI is InChI=1S/C15H28N4/c1-11(2)10-19-7-5-14(6-8-19)18-13(4)15-16-9-12(3)17-15/h9,11,13-14,18H,5-8,10H2,1-4H3,(H,16,17)/t13-/m0/s1. The van der Waals surface area contributed by atoms with E-state index in [0.29, 0.717) is 12.1 Å². The summed E-state index contributed by atoms with van der Waals surface area (Å²) in [5, 5.41) is 3.70. The molecule has 0 radical (unpaired) electrons. The Balaban J connectivity index is 1.76. The molecule has 1 aliphatic heterocycles. The maximum Gasteiger partial charge on any atom is 0.123 e. The van der Waals surface area contributed by atoms with Gasteiger partial charge < -0.3 is 15.2 Å². The van der Waals surface area contributed by atoms with Crippen molar-refractivity contribution in [1.82, 2.24) is 20.2 Å². The second kappa shape index (κ2) is 6.53. The molecule has 0 bridgehead atoms. The topological polar surface area (TPSA) is 44.0 Å². The van der Waals surface area contributed by atoms with Gasteiger partial charge in [0.2, 0.25) is 0 Å². The van der Waals surface area contributed by atoms with Crippen molar-refractivity contribution in [3.05, 3.63) is 17.7 Å². The molecule has 0 unspecified atom stereocenters. The zero-order chi connectivity index (χ0) is 13.8. The van der Waals surface area contributed by atoms with Crippen molar-refractivity contribution in [2.75, 3.05) is 19.6 Å². The Bertz CT molecular complexity index is 377. The number of nitrogens with one attached hydrogen (secondary N) is 2. The average Bonchev–Trinajstić information content (AvgIpc) is 2.78. The third-order valence-electron chi connectivity index (χ3n) is 3.83. The van der Waals surface area contributed by atoms with Gasteiger partial charge in [0.1, 0.15) is 5.82 Å². The molecular formula is C15H28N4. The van der Waals surface area contributed by atoms with E-state index < -0.39 is 0 Å². The Morgan fingerprint density at radius 1 is 1.37 bits per heavy atom. The molecule has 1 saturated heterocycles. The van der Waals surface area contributed by atoms with Crippen molar-refractivity contribution in [1.29, 1.82) is 0 Å². The van der Waals surface area contributed by atoms with E-state index in [0.717, 1.165) is 17.4 Å². The van der Waals surface area contributed by atoms with Gasteiger partial charge in [0.05, 0.1) is 6.04 Å². The van der Waals surface area contributed by atoms with Gasteiger partial charge in [0.25, 0.3) is 0 Å². The molecule has 0 aliphatic carbocycles. The number of rotatable bonds is 5. The SMILES string of the molecule is Cc1cnc([C@H](C)NC2CCN(CC(C)C)CC2)[nH]1. The molecule has 0 amide bonds. The number of likely N-dealkylation sites (tertiary alicyclic amines) is 1. The first-order valence-corrected chi connectivity index (χ1v) is 7.54. The second-order valence-electron chi connectivity index (χ2n) is 6.31. The molecule has 0 saturated carbocycles. The fourth-order valence-corrected chi connectivity index (χ4v) is 2.88. The first-order chi connectivity index (χ1) is 9.04. The fraction of sp³-hybridized carbons (Fsp3) is 0.800. The molecule has 19 heavy (non-hydrogen) atoms. The van der Waals surface area contributed by atoms with E-state index in [-0.39, 0.29) is 0 Å². The van der Waals surface area contributed by atoms with Gasteiger partial charge in [-0.05, 0) is 45.7 Å². The van der Waals surface area contributed by atoms with Crippen molar-refractivity contribution >= 4 is 0 Å². The van der Waals surface area contributed by atoms with Crippen LogP contribution in [0.15, 0.2) is 6.20 Å². The van der Waals surface area contributed by atoms with Gasteiger partial charge in [-0.15, -0.1) is 0 Å². The molecule has 0 spiro atoms. The molecule has 2 rings (SSSR count). The van der Waals surface area contributed by atoms with E-state index in [1.54, 1.807) is 0 Å². The lowest BCUT2D eigenvalue weighted by Crippen LogP contribution is -2.44. The molecule has 1 atom stereocenters. The minimum atomic E-state index is 0.315. The van der Waals surface area contributed by atoms with Crippen molar-refractivity contribution in [2.45, 2.75) is 52.6 Å². The highest BCUT2D eigenvalue weighted by molar-refractivity contribution is 5.02. The minimum Gasteiger partial charge on any atom is -0.345 e. The van der Waals surface area contributed by atoms with Crippen molar-refractivity contribution in [3.8, 4) is 0 Å². The van der Waals surface area contributed by atoms with Gasteiger partial charge >= 0.3 is 0 Å². The van der Waals surface area contributed by atoms with Crippen LogP contribution in [0, 0.1) is 12.8 Å². The molecule has 1 aromatic heterocycles. The minimum absolute atomic E-state index is 0.315. The lowest BCUT2D eigenvalue weighted by Gasteiger charge is -2.34. The average molecular weight is 264 g/mol. The molecule has 1 fully saturated rings. The number of hydrogen-bond donors (Lipinski definition) is 2. The predicted molar refractivity (Wildman–Crippen MR) is 79.2 cm³/mol. The Kier molecular flexibility index (Phi) is 4.99. The summed E-state index contributed by atoms with van der Waals surface area (Å²) in [5.74, 6) is 1.83. The van der Waals surface area contributed by atoms with Gasteiger partial charge in [-0.2, -0.15) is 0 Å². The normalized spacial score (nSPS) is 20.1. The van der Waals surface area contributed by atoms with Crippen LogP contribution in [0.5, 0.6) is 0 Å². The van der Waals surface area contributed by atoms with Crippen LogP contribution in [0.4, 0.5) is 0 Å². The van der Waals surface area contributed by atoms with E-state index in [9.17, 15) is 0 Å². The van der Waals surface area contributed by atoms with Gasteiger partial charge in [-0.1, -0.05) is 13.8 Å². The molecule has 1 aromatic rings. The highest BCUT2D eigenvalue weighted by Gasteiger charge is 2.21. The first kappa shape index (κ1) is 14.5. The smallest absolute Gasteiger partial charge is 0.123 e. The van der Waals surface area contributed by atoms with Gasteiger partial charge in [0, 0.05) is 24.5 Å². The number of piperidine rings is 1. The van der Waals surface area contributed by atoms with E-state index in [2.05, 4.69) is 41.0 Å². The van der Waals surface area contributed by atoms with E-state index in [4.69, 9.17) is 0 Å². The van der Waals surface area contributed by atoms with Crippen LogP contribution in [0.2, 0.25) is 0 Å². The summed E-state index contributed by atoms with van der Waals surface area (Å²) >= 11 is 0. The van der Waals surface area contributed by atoms with Crippen molar-refractivity contribution < 1.29 is 0 Å². The van der Waals surface area contributed by atoms with Crippen LogP contribution in [-0.2, 0) is 0 Å². The third kappa shape index (κ3) is 4.32. The van der Waals surface area contributed by atoms with E-state index in [1.807, 2.05) is 13.1 Å². The van der Waals surface area contributed by atoms with Crippen LogP contribution in [0.25, 0.3) is 0 Å².